The van der Waals surface area contributed by atoms with Gasteiger partial charge in [0.15, 0.2) is 5.96 Å². The lowest BCUT2D eigenvalue weighted by Gasteiger charge is -2.27. The molecule has 2 heterocycles. The number of amides is 10. The van der Waals surface area contributed by atoms with Crippen LogP contribution in [0.25, 0.3) is 0 Å². The minimum absolute atomic E-state index is 0.0425. The summed E-state index contributed by atoms with van der Waals surface area (Å²) < 4.78 is 0. The number of carbonyl (C=O) groups excluding carboxylic acids is 10. The van der Waals surface area contributed by atoms with E-state index in [0.29, 0.717) is 5.56 Å². The Balaban J connectivity index is 2.24. The monoisotopic (exact) mass is 1140 g/mol. The second kappa shape index (κ2) is 32.4. The summed E-state index contributed by atoms with van der Waals surface area (Å²) in [6, 6.07) is -6.42. The van der Waals surface area contributed by atoms with Crippen molar-refractivity contribution < 1.29 is 77.6 Å². The van der Waals surface area contributed by atoms with Gasteiger partial charge in [0.05, 0.1) is 25.4 Å². The molecule has 76 heavy (non-hydrogen) atoms. The molecule has 1 aromatic carbocycles. The van der Waals surface area contributed by atoms with E-state index in [0.717, 1.165) is 43.2 Å². The number of aliphatic carboxylic acids is 3. The van der Waals surface area contributed by atoms with E-state index in [1.54, 1.807) is 30.3 Å². The van der Waals surface area contributed by atoms with Gasteiger partial charge in [0.25, 0.3) is 0 Å². The molecule has 2 saturated heterocycles. The van der Waals surface area contributed by atoms with Crippen molar-refractivity contribution in [2.24, 2.45) is 22.2 Å². The summed E-state index contributed by atoms with van der Waals surface area (Å²) in [6.45, 7) is -0.530. The number of guanidine groups is 1. The first kappa shape index (κ1) is 63.3. The van der Waals surface area contributed by atoms with E-state index in [1.807, 2.05) is 0 Å². The van der Waals surface area contributed by atoms with E-state index in [-0.39, 0.29) is 43.3 Å². The Bertz CT molecular complexity index is 2330. The molecule has 1 aromatic rings. The third-order valence-electron chi connectivity index (χ3n) is 10.4. The summed E-state index contributed by atoms with van der Waals surface area (Å²) in [5, 5.41) is 52.4. The molecular weight excluding hydrogens is 1080 g/mol. The van der Waals surface area contributed by atoms with E-state index in [9.17, 15) is 77.6 Å². The van der Waals surface area contributed by atoms with Crippen LogP contribution in [-0.4, -0.2) is 195 Å². The number of aliphatic imine (C=N–C) groups is 1. The van der Waals surface area contributed by atoms with E-state index < -0.39 is 169 Å². The Morgan fingerprint density at radius 3 is 1.72 bits per heavy atom. The van der Waals surface area contributed by atoms with E-state index >= 15 is 0 Å². The molecule has 2 bridgehead atoms. The highest BCUT2D eigenvalue weighted by Crippen LogP contribution is 2.25. The van der Waals surface area contributed by atoms with Crippen LogP contribution in [0.5, 0.6) is 0 Å². The van der Waals surface area contributed by atoms with Gasteiger partial charge in [0.2, 0.25) is 59.1 Å². The Morgan fingerprint density at radius 1 is 0.645 bits per heavy atom. The Kier molecular flexibility index (Phi) is 27.0. The van der Waals surface area contributed by atoms with Crippen molar-refractivity contribution in [3.8, 4) is 0 Å². The number of rotatable bonds is 15. The lowest BCUT2D eigenvalue weighted by molar-refractivity contribution is -0.141. The van der Waals surface area contributed by atoms with Crippen molar-refractivity contribution >= 4 is 126 Å². The third kappa shape index (κ3) is 23.2. The van der Waals surface area contributed by atoms with Crippen LogP contribution < -0.4 is 70.4 Å². The minimum atomic E-state index is -1.95. The number of benzene rings is 1. The summed E-state index contributed by atoms with van der Waals surface area (Å²) in [7, 11) is 3.24. The summed E-state index contributed by atoms with van der Waals surface area (Å²) in [6.07, 6.45) is -2.50. The zero-order valence-corrected chi connectivity index (χ0v) is 43.8. The topological polar surface area (TPSA) is 493 Å². The number of carboxylic acids is 3. The molecule has 9 atom stereocenters. The van der Waals surface area contributed by atoms with Gasteiger partial charge in [0.1, 0.15) is 54.9 Å². The molecule has 19 N–H and O–H groups in total. The first-order valence-corrected chi connectivity index (χ1v) is 27.9. The summed E-state index contributed by atoms with van der Waals surface area (Å²) in [5.74, 6) is -17.2. The first-order valence-electron chi connectivity index (χ1n) is 22.9. The average Bonchev–Trinajstić information content (AvgIpc) is 3.35. The predicted octanol–water partition coefficient (Wildman–Crippen LogP) is -6.44. The molecule has 30 nitrogen and oxygen atoms in total. The average molecular weight is 1150 g/mol. The van der Waals surface area contributed by atoms with Gasteiger partial charge in [-0.2, -0.15) is 0 Å². The molecule has 34 heteroatoms. The van der Waals surface area contributed by atoms with E-state index in [1.165, 1.54) is 6.92 Å². The van der Waals surface area contributed by atoms with Crippen molar-refractivity contribution in [1.29, 1.82) is 0 Å². The van der Waals surface area contributed by atoms with Gasteiger partial charge in [-0.3, -0.25) is 67.3 Å². The molecule has 0 spiro atoms. The number of hydrogen-bond donors (Lipinski definition) is 16. The second-order valence-electron chi connectivity index (χ2n) is 16.6. The molecule has 1 unspecified atom stereocenters. The van der Waals surface area contributed by atoms with Crippen molar-refractivity contribution in [2.45, 2.75) is 93.4 Å². The number of carbonyl (C=O) groups is 13. The van der Waals surface area contributed by atoms with Crippen LogP contribution in [0.2, 0.25) is 0 Å². The zero-order chi connectivity index (χ0) is 56.5. The van der Waals surface area contributed by atoms with Gasteiger partial charge in [0, 0.05) is 36.0 Å². The maximum atomic E-state index is 14.4. The minimum Gasteiger partial charge on any atom is -0.481 e. The zero-order valence-electron chi connectivity index (χ0n) is 40.5. The van der Waals surface area contributed by atoms with Gasteiger partial charge in [-0.1, -0.05) is 73.5 Å². The number of nitrogens with one attached hydrogen (secondary N) is 10. The molecule has 0 radical (unpaired) electrons. The number of carboxylic acid groups (broad SMARTS) is 3. The molecule has 418 valence electrons. The fourth-order valence-corrected chi connectivity index (χ4v) is 11.2. The third-order valence-corrected chi connectivity index (χ3v) is 15.3. The number of hydrogen-bond acceptors (Lipinski definition) is 19. The van der Waals surface area contributed by atoms with Gasteiger partial charge < -0.3 is 85.7 Å². The highest BCUT2D eigenvalue weighted by molar-refractivity contribution is 8.77. The fraction of sp³-hybridized carbons (Fsp3) is 0.524. The SMILES string of the molecule is C[C@H](N)C(=O)N[C@H]1CSSC[C@@H](C(=O)NCC(=O)O)NC(=O)[C@H](Cc2ccccc2)NC(=O)[C@@H]2CSSC[C@H](NC(=O)[C@H](CC(=O)O)NC1=O)C(=O)N[C@@H](CCCN=C(N)N)C(=O)NCC(=O)NC(CC(=O)O)C(=O)N2. The summed E-state index contributed by atoms with van der Waals surface area (Å²) in [5.41, 5.74) is 17.1. The molecule has 2 aliphatic rings. The van der Waals surface area contributed by atoms with E-state index in [2.05, 4.69) is 58.2 Å². The molecule has 3 rings (SSSR count). The van der Waals surface area contributed by atoms with Gasteiger partial charge in [-0.25, -0.2) is 0 Å². The Labute approximate surface area is 449 Å². The van der Waals surface area contributed by atoms with Crippen LogP contribution in [-0.2, 0) is 68.7 Å². The van der Waals surface area contributed by atoms with Crippen LogP contribution in [0.3, 0.4) is 0 Å². The summed E-state index contributed by atoms with van der Waals surface area (Å²) in [4.78, 5) is 177. The Morgan fingerprint density at radius 2 is 1.17 bits per heavy atom. The van der Waals surface area contributed by atoms with E-state index in [4.69, 9.17) is 17.2 Å². The van der Waals surface area contributed by atoms with Gasteiger partial charge >= 0.3 is 17.9 Å². The van der Waals surface area contributed by atoms with Crippen LogP contribution in [0, 0.1) is 0 Å². The highest BCUT2D eigenvalue weighted by Gasteiger charge is 2.36. The standard InChI is InChI=1S/C42H60N14O16S4/c1-19(43)33(64)53-26-16-74-73-15-25(35(66)48-14-32(62)63)54-36(67)22(10-20-6-3-2-4-7-20)51-41(72)28-18-76-75-17-27(56-38(69)24(12-31(60)61)52-40(26)71)39(70)50-21(8-5-9-46-42(44)45)34(65)47-13-29(57)49-23(11-30(58)59)37(68)55-28/h2-4,6-7,19,21-28H,5,8-18,43H2,1H3,(H,47,65)(H,48,66)(H,49,57)(H,50,70)(H,51,72)(H,52,71)(H,53,64)(H,54,67)(H,55,68)(H,56,69)(H,58,59)(H,60,61)(H,62,63)(H4,44,45,46)/t19-,21-,22-,23?,24-,25-,26-,27-,28-/m0/s1. The summed E-state index contributed by atoms with van der Waals surface area (Å²) >= 11 is 0. The lowest BCUT2D eigenvalue weighted by Crippen LogP contribution is -2.60. The van der Waals surface area contributed by atoms with Gasteiger partial charge in [-0.15, -0.1) is 0 Å². The predicted molar refractivity (Wildman–Crippen MR) is 277 cm³/mol. The number of fused-ring (bicyclic) bond motifs is 5. The number of nitrogens with zero attached hydrogens (tertiary/aromatic N) is 1. The molecule has 0 aliphatic carbocycles. The van der Waals surface area contributed by atoms with Crippen molar-refractivity contribution in [3.63, 3.8) is 0 Å². The largest absolute Gasteiger partial charge is 0.481 e. The second-order valence-corrected chi connectivity index (χ2v) is 21.7. The molecule has 2 fully saturated rings. The molecule has 10 amide bonds. The molecular formula is C42H60N14O16S4. The molecule has 0 aromatic heterocycles. The normalized spacial score (nSPS) is 24.6. The number of nitrogens with two attached hydrogens (primary N) is 3. The molecule has 2 aliphatic heterocycles. The maximum Gasteiger partial charge on any atom is 0.322 e. The highest BCUT2D eigenvalue weighted by atomic mass is 33.1. The van der Waals surface area contributed by atoms with Crippen LogP contribution in [0.1, 0.15) is 38.2 Å². The van der Waals surface area contributed by atoms with Gasteiger partial charge in [-0.05, 0) is 25.3 Å². The van der Waals surface area contributed by atoms with Crippen LogP contribution in [0.4, 0.5) is 0 Å². The lowest BCUT2D eigenvalue weighted by atomic mass is 10.0. The first-order chi connectivity index (χ1) is 35.9. The van der Waals surface area contributed by atoms with Crippen molar-refractivity contribution in [2.75, 3.05) is 42.6 Å². The van der Waals surface area contributed by atoms with Crippen molar-refractivity contribution in [3.05, 3.63) is 35.9 Å². The fourth-order valence-electron chi connectivity index (χ4n) is 6.55. The quantitative estimate of drug-likeness (QED) is 0.0336. The smallest absolute Gasteiger partial charge is 0.322 e. The maximum absolute atomic E-state index is 14.4. The molecule has 0 saturated carbocycles. The Hall–Kier alpha value is -7.04. The van der Waals surface area contributed by atoms with Crippen molar-refractivity contribution in [1.82, 2.24) is 53.2 Å². The van der Waals surface area contributed by atoms with Crippen LogP contribution in [0.15, 0.2) is 35.3 Å². The van der Waals surface area contributed by atoms with Crippen LogP contribution >= 0.6 is 43.2 Å².